The molecule has 9 rings (SSSR count). The number of furan rings is 1. The van der Waals surface area contributed by atoms with Crippen molar-refractivity contribution in [2.24, 2.45) is 0 Å². The van der Waals surface area contributed by atoms with E-state index in [1.54, 1.807) is 0 Å². The molecule has 0 saturated carbocycles. The number of hydrogen-bond acceptors (Lipinski definition) is 2. The van der Waals surface area contributed by atoms with Crippen molar-refractivity contribution in [2.45, 2.75) is 0 Å². The van der Waals surface area contributed by atoms with Crippen LogP contribution in [0.4, 0.5) is 0 Å². The van der Waals surface area contributed by atoms with Gasteiger partial charge in [0.15, 0.2) is 0 Å². The van der Waals surface area contributed by atoms with Crippen LogP contribution in [0.15, 0.2) is 138 Å². The minimum absolute atomic E-state index is 0.891. The van der Waals surface area contributed by atoms with Crippen LogP contribution in [-0.2, 0) is 0 Å². The Morgan fingerprint density at radius 1 is 0.375 bits per heavy atom. The highest BCUT2D eigenvalue weighted by Crippen LogP contribution is 2.48. The molecule has 1 aliphatic heterocycles. The fraction of sp³-hybridized carbons (Fsp3) is 0. The van der Waals surface area contributed by atoms with Gasteiger partial charge in [-0.3, -0.25) is 0 Å². The van der Waals surface area contributed by atoms with Crippen LogP contribution in [0.25, 0.3) is 76.9 Å². The third kappa shape index (κ3) is 3.05. The summed E-state index contributed by atoms with van der Waals surface area (Å²) >= 11 is 0. The smallest absolute Gasteiger partial charge is 0.136 e. The minimum Gasteiger partial charge on any atom is -0.456 e. The number of ether oxygens (including phenoxy) is 1. The maximum absolute atomic E-state index is 6.39. The van der Waals surface area contributed by atoms with Crippen molar-refractivity contribution in [1.29, 1.82) is 0 Å². The van der Waals surface area contributed by atoms with E-state index < -0.39 is 0 Å². The second-order valence-corrected chi connectivity index (χ2v) is 10.5. The summed E-state index contributed by atoms with van der Waals surface area (Å²) in [6, 6.07) is 47.2. The van der Waals surface area contributed by atoms with Crippen molar-refractivity contribution in [1.82, 2.24) is 0 Å². The predicted molar refractivity (Wildman–Crippen MR) is 165 cm³/mol. The van der Waals surface area contributed by atoms with E-state index >= 15 is 0 Å². The van der Waals surface area contributed by atoms with Gasteiger partial charge in [-0.25, -0.2) is 0 Å². The fourth-order valence-electron chi connectivity index (χ4n) is 6.44. The third-order valence-electron chi connectivity index (χ3n) is 8.25. The average Bonchev–Trinajstić information content (AvgIpc) is 3.37. The highest BCUT2D eigenvalue weighted by Gasteiger charge is 2.21. The summed E-state index contributed by atoms with van der Waals surface area (Å²) in [4.78, 5) is 0. The Kier molecular flexibility index (Phi) is 4.36. The molecule has 40 heavy (non-hydrogen) atoms. The van der Waals surface area contributed by atoms with Crippen LogP contribution in [0, 0.1) is 0 Å². The zero-order valence-electron chi connectivity index (χ0n) is 21.5. The van der Waals surface area contributed by atoms with Crippen LogP contribution in [0.1, 0.15) is 0 Å². The Morgan fingerprint density at radius 3 is 1.93 bits per heavy atom. The van der Waals surface area contributed by atoms with Gasteiger partial charge in [0.25, 0.3) is 0 Å². The quantitative estimate of drug-likeness (QED) is 0.231. The Balaban J connectivity index is 1.28. The molecule has 186 valence electrons. The van der Waals surface area contributed by atoms with Crippen molar-refractivity contribution in [3.8, 4) is 44.9 Å². The summed E-state index contributed by atoms with van der Waals surface area (Å²) in [7, 11) is 0. The first-order valence-electron chi connectivity index (χ1n) is 13.6. The van der Waals surface area contributed by atoms with Gasteiger partial charge in [0.1, 0.15) is 22.7 Å². The molecule has 0 unspecified atom stereocenters. The zero-order chi connectivity index (χ0) is 26.2. The highest BCUT2D eigenvalue weighted by atomic mass is 16.5. The maximum atomic E-state index is 6.39. The van der Waals surface area contributed by atoms with Crippen LogP contribution in [0.5, 0.6) is 11.5 Å². The normalized spacial score (nSPS) is 12.2. The molecule has 0 aliphatic carbocycles. The Bertz CT molecular complexity index is 2300. The lowest BCUT2D eigenvalue weighted by Gasteiger charge is -2.22. The molecule has 2 heteroatoms. The number of fused-ring (bicyclic) bond motifs is 6. The molecule has 0 N–H and O–H groups in total. The Labute approximate surface area is 230 Å². The second kappa shape index (κ2) is 8.08. The van der Waals surface area contributed by atoms with Crippen LogP contribution in [-0.4, -0.2) is 0 Å². The molecular weight excluding hydrogens is 488 g/mol. The molecule has 2 nitrogen and oxygen atoms in total. The van der Waals surface area contributed by atoms with Crippen LogP contribution in [0.2, 0.25) is 0 Å². The summed E-state index contributed by atoms with van der Waals surface area (Å²) in [6.45, 7) is 0. The van der Waals surface area contributed by atoms with Gasteiger partial charge in [0.2, 0.25) is 0 Å². The van der Waals surface area contributed by atoms with Crippen LogP contribution >= 0.6 is 0 Å². The van der Waals surface area contributed by atoms with Gasteiger partial charge >= 0.3 is 0 Å². The monoisotopic (exact) mass is 510 g/mol. The van der Waals surface area contributed by atoms with Crippen molar-refractivity contribution < 1.29 is 9.15 Å². The Morgan fingerprint density at radius 2 is 1.05 bits per heavy atom. The molecule has 0 fully saturated rings. The van der Waals surface area contributed by atoms with Gasteiger partial charge in [-0.15, -0.1) is 0 Å². The lowest BCUT2D eigenvalue weighted by Crippen LogP contribution is -1.97. The molecule has 0 radical (unpaired) electrons. The molecule has 0 amide bonds. The van der Waals surface area contributed by atoms with E-state index in [9.17, 15) is 0 Å². The third-order valence-corrected chi connectivity index (χ3v) is 8.25. The van der Waals surface area contributed by atoms with Crippen molar-refractivity contribution >= 4 is 43.5 Å². The van der Waals surface area contributed by atoms with Crippen molar-refractivity contribution in [3.63, 3.8) is 0 Å². The number of rotatable bonds is 2. The van der Waals surface area contributed by atoms with Crippen molar-refractivity contribution in [2.75, 3.05) is 0 Å². The minimum atomic E-state index is 0.891. The van der Waals surface area contributed by atoms with Crippen molar-refractivity contribution in [3.05, 3.63) is 133 Å². The van der Waals surface area contributed by atoms with E-state index in [2.05, 4.69) is 133 Å². The molecule has 8 aromatic rings. The van der Waals surface area contributed by atoms with Gasteiger partial charge in [-0.2, -0.15) is 0 Å². The largest absolute Gasteiger partial charge is 0.456 e. The molecule has 1 aromatic heterocycles. The first-order chi connectivity index (χ1) is 19.8. The summed E-state index contributed by atoms with van der Waals surface area (Å²) in [5, 5.41) is 7.05. The van der Waals surface area contributed by atoms with Gasteiger partial charge < -0.3 is 9.15 Å². The summed E-state index contributed by atoms with van der Waals surface area (Å²) < 4.78 is 12.8. The maximum Gasteiger partial charge on any atom is 0.136 e. The van der Waals surface area contributed by atoms with E-state index in [0.717, 1.165) is 44.6 Å². The molecule has 0 saturated heterocycles. The van der Waals surface area contributed by atoms with Crippen LogP contribution < -0.4 is 4.74 Å². The highest BCUT2D eigenvalue weighted by molar-refractivity contribution is 6.16. The first-order valence-corrected chi connectivity index (χ1v) is 13.6. The fourth-order valence-corrected chi connectivity index (χ4v) is 6.44. The lowest BCUT2D eigenvalue weighted by atomic mass is 9.89. The van der Waals surface area contributed by atoms with E-state index in [1.165, 1.54) is 43.8 Å². The molecular formula is C38H22O2. The standard InChI is InChI=1S/C38H22O2/c1-2-9-25-22-36-32(20-24(25)8-1)38-29(15-7-17-35(38)40-36)28-13-4-3-12-27(28)26-18-19-33-31(21-26)30-14-5-10-23-11-6-16-34(39-33)37(23)30/h1-22H. The number of hydrogen-bond donors (Lipinski definition) is 0. The second-order valence-electron chi connectivity index (χ2n) is 10.5. The average molecular weight is 511 g/mol. The van der Waals surface area contributed by atoms with Gasteiger partial charge in [0.05, 0.1) is 0 Å². The van der Waals surface area contributed by atoms with Crippen LogP contribution in [0.3, 0.4) is 0 Å². The Hall–Kier alpha value is -5.34. The molecule has 2 heterocycles. The molecule has 1 aliphatic rings. The summed E-state index contributed by atoms with van der Waals surface area (Å²) in [5.41, 5.74) is 8.83. The van der Waals surface area contributed by atoms with Gasteiger partial charge in [-0.05, 0) is 80.4 Å². The summed E-state index contributed by atoms with van der Waals surface area (Å²) in [6.07, 6.45) is 0. The van der Waals surface area contributed by atoms with E-state index in [-0.39, 0.29) is 0 Å². The van der Waals surface area contributed by atoms with E-state index in [4.69, 9.17) is 9.15 Å². The molecule has 0 atom stereocenters. The SMILES string of the molecule is c1ccc(-c2cccc3oc4cc5ccccc5cc4c23)c(-c2ccc3c(c2)-c2cccc4cccc(c24)O3)c1. The zero-order valence-corrected chi connectivity index (χ0v) is 21.5. The lowest BCUT2D eigenvalue weighted by molar-refractivity contribution is 0.487. The molecule has 0 bridgehead atoms. The summed E-state index contributed by atoms with van der Waals surface area (Å²) in [5.74, 6) is 1.81. The van der Waals surface area contributed by atoms with Gasteiger partial charge in [0, 0.05) is 21.7 Å². The van der Waals surface area contributed by atoms with Gasteiger partial charge in [-0.1, -0.05) is 97.1 Å². The predicted octanol–water partition coefficient (Wildman–Crippen LogP) is 11.0. The van der Waals surface area contributed by atoms with E-state index in [1.807, 2.05) is 0 Å². The molecule has 0 spiro atoms. The molecule has 7 aromatic carbocycles. The van der Waals surface area contributed by atoms with E-state index in [0.29, 0.717) is 0 Å². The topological polar surface area (TPSA) is 22.4 Å². The first kappa shape index (κ1) is 21.6. The number of benzene rings is 7.